The molecule has 0 bridgehead atoms. The second-order valence-corrected chi connectivity index (χ2v) is 3.63. The molecule has 0 aromatic carbocycles. The van der Waals surface area contributed by atoms with Crippen LogP contribution < -0.4 is 0 Å². The van der Waals surface area contributed by atoms with E-state index in [0.29, 0.717) is 0 Å². The Hall–Kier alpha value is 0.710. The van der Waals surface area contributed by atoms with Crippen LogP contribution in [0.15, 0.2) is 0 Å². The molecule has 0 rings (SSSR count). The van der Waals surface area contributed by atoms with Gasteiger partial charge in [0.1, 0.15) is 0 Å². The van der Waals surface area contributed by atoms with Crippen LogP contribution in [-0.2, 0) is 0 Å². The molecule has 0 saturated heterocycles. The molecule has 0 radical (unpaired) electrons. The van der Waals surface area contributed by atoms with Crippen molar-refractivity contribution in [1.82, 2.24) is 0 Å². The quantitative estimate of drug-likeness (QED) is 0.543. The molecule has 8 heavy (non-hydrogen) atoms. The second-order valence-electron chi connectivity index (χ2n) is 2.14. The SMILES string of the molecule is CB(Cl)CCB(C)Cl. The fourth-order valence-corrected chi connectivity index (χ4v) is 0.711. The second kappa shape index (κ2) is 4.58. The van der Waals surface area contributed by atoms with Gasteiger partial charge in [-0.25, -0.2) is 0 Å². The summed E-state index contributed by atoms with van der Waals surface area (Å²) in [5.41, 5.74) is 0. The highest BCUT2D eigenvalue weighted by Gasteiger charge is 2.06. The monoisotopic (exact) mass is 150 g/mol. The molecule has 0 nitrogen and oxygen atoms in total. The summed E-state index contributed by atoms with van der Waals surface area (Å²) in [5.74, 6) is 0. The lowest BCUT2D eigenvalue weighted by molar-refractivity contribution is 1.40. The molecule has 0 aliphatic heterocycles. The van der Waals surface area contributed by atoms with Gasteiger partial charge in [0.25, 0.3) is 0 Å². The summed E-state index contributed by atoms with van der Waals surface area (Å²) in [7, 11) is 0. The largest absolute Gasteiger partial charge is 0.246 e. The molecule has 0 aliphatic rings. The van der Waals surface area contributed by atoms with Gasteiger partial charge in [-0.3, -0.25) is 0 Å². The van der Waals surface area contributed by atoms with Crippen molar-refractivity contribution in [3.8, 4) is 0 Å². The van der Waals surface area contributed by atoms with Crippen LogP contribution in [-0.4, -0.2) is 12.3 Å². The molecule has 0 aliphatic carbocycles. The number of hydrogen-bond acceptors (Lipinski definition) is 0. The Labute approximate surface area is 61.9 Å². The average Bonchev–Trinajstić information content (AvgIpc) is 1.61. The number of rotatable bonds is 3. The molecule has 0 spiro atoms. The van der Waals surface area contributed by atoms with Gasteiger partial charge in [-0.2, -0.15) is 22.9 Å². The minimum atomic E-state index is 0.274. The van der Waals surface area contributed by atoms with Crippen molar-refractivity contribution in [2.24, 2.45) is 0 Å². The summed E-state index contributed by atoms with van der Waals surface area (Å²) in [5, 5.41) is 0. The molecule has 0 N–H and O–H groups in total. The first-order chi connectivity index (χ1) is 3.63. The Kier molecular flexibility index (Phi) is 4.98. The fraction of sp³-hybridized carbons (Fsp3) is 1.00. The van der Waals surface area contributed by atoms with Crippen molar-refractivity contribution in [2.45, 2.75) is 26.3 Å². The Balaban J connectivity index is 2.93. The zero-order chi connectivity index (χ0) is 6.57. The summed E-state index contributed by atoms with van der Waals surface area (Å²) in [4.78, 5) is 0. The van der Waals surface area contributed by atoms with Crippen molar-refractivity contribution >= 4 is 35.2 Å². The zero-order valence-corrected chi connectivity index (χ0v) is 6.84. The highest BCUT2D eigenvalue weighted by molar-refractivity contribution is 7.09. The predicted molar refractivity (Wildman–Crippen MR) is 44.6 cm³/mol. The summed E-state index contributed by atoms with van der Waals surface area (Å²) < 4.78 is 0. The summed E-state index contributed by atoms with van der Waals surface area (Å²) in [6.45, 7) is 3.97. The lowest BCUT2D eigenvalue weighted by atomic mass is 9.63. The Morgan fingerprint density at radius 1 is 1.00 bits per heavy atom. The third kappa shape index (κ3) is 6.71. The minimum absolute atomic E-state index is 0.274. The maximum absolute atomic E-state index is 5.66. The molecule has 0 atom stereocenters. The van der Waals surface area contributed by atoms with E-state index >= 15 is 0 Å². The van der Waals surface area contributed by atoms with Crippen molar-refractivity contribution in [1.29, 1.82) is 0 Å². The van der Waals surface area contributed by atoms with Crippen LogP contribution in [0.4, 0.5) is 0 Å². The molecule has 4 heteroatoms. The van der Waals surface area contributed by atoms with Gasteiger partial charge in [-0.1, -0.05) is 26.3 Å². The first-order valence-electron chi connectivity index (χ1n) is 2.91. The van der Waals surface area contributed by atoms with Crippen molar-refractivity contribution < 1.29 is 0 Å². The molecular weight excluding hydrogens is 141 g/mol. The van der Waals surface area contributed by atoms with Crippen LogP contribution in [0.2, 0.25) is 26.3 Å². The van der Waals surface area contributed by atoms with Gasteiger partial charge in [0.05, 0.1) is 0 Å². The Morgan fingerprint density at radius 2 is 1.25 bits per heavy atom. The lowest BCUT2D eigenvalue weighted by Gasteiger charge is -1.96. The predicted octanol–water partition coefficient (Wildman–Crippen LogP) is 2.71. The molecule has 0 fully saturated rings. The minimum Gasteiger partial charge on any atom is -0.196 e. The van der Waals surface area contributed by atoms with Gasteiger partial charge in [-0.05, 0) is 0 Å². The zero-order valence-electron chi connectivity index (χ0n) is 5.32. The van der Waals surface area contributed by atoms with E-state index in [-0.39, 0.29) is 12.3 Å². The Bertz CT molecular complexity index is 48.0. The van der Waals surface area contributed by atoms with E-state index in [1.54, 1.807) is 0 Å². The third-order valence-electron chi connectivity index (χ3n) is 0.962. The maximum Gasteiger partial charge on any atom is 0.246 e. The van der Waals surface area contributed by atoms with Crippen LogP contribution in [0.5, 0.6) is 0 Å². The first kappa shape index (κ1) is 8.71. The lowest BCUT2D eigenvalue weighted by Crippen LogP contribution is -2.01. The molecule has 46 valence electrons. The van der Waals surface area contributed by atoms with E-state index in [2.05, 4.69) is 0 Å². The highest BCUT2D eigenvalue weighted by Crippen LogP contribution is 2.07. The fourth-order valence-electron chi connectivity index (χ4n) is 0.459. The summed E-state index contributed by atoms with van der Waals surface area (Å²) >= 11 is 11.3. The van der Waals surface area contributed by atoms with Gasteiger partial charge in [0.15, 0.2) is 0 Å². The average molecular weight is 151 g/mol. The van der Waals surface area contributed by atoms with Crippen LogP contribution in [0.3, 0.4) is 0 Å². The molecule has 0 aromatic heterocycles. The first-order valence-corrected chi connectivity index (χ1v) is 3.78. The van der Waals surface area contributed by atoms with Gasteiger partial charge < -0.3 is 0 Å². The van der Waals surface area contributed by atoms with Crippen molar-refractivity contribution in [3.05, 3.63) is 0 Å². The molecular formula is C4H10B2Cl2. The summed E-state index contributed by atoms with van der Waals surface area (Å²) in [6.07, 6.45) is 2.59. The summed E-state index contributed by atoms with van der Waals surface area (Å²) in [6, 6.07) is 0. The molecule has 0 aromatic rings. The smallest absolute Gasteiger partial charge is 0.196 e. The van der Waals surface area contributed by atoms with Crippen molar-refractivity contribution in [3.63, 3.8) is 0 Å². The number of hydrogen-bond donors (Lipinski definition) is 0. The van der Waals surface area contributed by atoms with E-state index in [1.165, 1.54) is 0 Å². The molecule has 0 heterocycles. The van der Waals surface area contributed by atoms with Gasteiger partial charge in [-0.15, -0.1) is 0 Å². The van der Waals surface area contributed by atoms with Crippen molar-refractivity contribution in [2.75, 3.05) is 0 Å². The van der Waals surface area contributed by atoms with Gasteiger partial charge in [0.2, 0.25) is 12.3 Å². The van der Waals surface area contributed by atoms with Crippen LogP contribution in [0, 0.1) is 0 Å². The van der Waals surface area contributed by atoms with E-state index in [0.717, 1.165) is 12.6 Å². The van der Waals surface area contributed by atoms with Crippen LogP contribution in [0.1, 0.15) is 0 Å². The Morgan fingerprint density at radius 3 is 1.38 bits per heavy atom. The van der Waals surface area contributed by atoms with Gasteiger partial charge >= 0.3 is 0 Å². The molecule has 0 amide bonds. The highest BCUT2D eigenvalue weighted by atomic mass is 35.5. The normalized spacial score (nSPS) is 9.00. The van der Waals surface area contributed by atoms with Crippen LogP contribution in [0.25, 0.3) is 0 Å². The number of halogens is 2. The third-order valence-corrected chi connectivity index (χ3v) is 1.40. The van der Waals surface area contributed by atoms with E-state index in [1.807, 2.05) is 13.6 Å². The molecule has 0 unspecified atom stereocenters. The van der Waals surface area contributed by atoms with E-state index in [9.17, 15) is 0 Å². The topological polar surface area (TPSA) is 0 Å². The van der Waals surface area contributed by atoms with Crippen LogP contribution >= 0.6 is 22.9 Å². The van der Waals surface area contributed by atoms with Gasteiger partial charge in [0, 0.05) is 0 Å². The maximum atomic E-state index is 5.66. The molecule has 0 saturated carbocycles. The standard InChI is InChI=1S/C4H10B2Cl2/c1-5(7)3-4-6(2)8/h3-4H2,1-2H3. The van der Waals surface area contributed by atoms with E-state index < -0.39 is 0 Å². The van der Waals surface area contributed by atoms with E-state index in [4.69, 9.17) is 22.9 Å².